The topological polar surface area (TPSA) is 9.23 Å². The molecule has 2 aromatic carbocycles. The van der Waals surface area contributed by atoms with Gasteiger partial charge in [-0.15, -0.1) is 0 Å². The van der Waals surface area contributed by atoms with Crippen LogP contribution >= 0.6 is 15.9 Å². The quantitative estimate of drug-likeness (QED) is 0.617. The van der Waals surface area contributed by atoms with Gasteiger partial charge in [0.15, 0.2) is 0 Å². The van der Waals surface area contributed by atoms with Crippen molar-refractivity contribution in [3.8, 4) is 17.6 Å². The maximum absolute atomic E-state index is 13.2. The Morgan fingerprint density at radius 1 is 1.00 bits per heavy atom. The van der Waals surface area contributed by atoms with Gasteiger partial charge in [0.25, 0.3) is 0 Å². The number of halogens is 4. The molecule has 0 aliphatic carbocycles. The zero-order valence-corrected chi connectivity index (χ0v) is 14.1. The second kappa shape index (κ2) is 7.56. The molecule has 0 aliphatic rings. The van der Waals surface area contributed by atoms with Crippen molar-refractivity contribution in [3.63, 3.8) is 0 Å². The van der Waals surface area contributed by atoms with Gasteiger partial charge in [-0.2, -0.15) is 8.78 Å². The molecule has 0 radical (unpaired) electrons. The first kappa shape index (κ1) is 17.4. The molecule has 5 heteroatoms. The minimum absolute atomic E-state index is 0.0189. The standard InChI is InChI=1S/C18H14BrF3O/c1-11(2)14-9-12(6-8-17(14)23-18(21)22)3-4-13-5-7-16(20)15(19)10-13/h5-11,18H,1-2H3. The molecule has 0 bridgehead atoms. The lowest BCUT2D eigenvalue weighted by Gasteiger charge is -2.13. The Hall–Kier alpha value is -1.93. The van der Waals surface area contributed by atoms with E-state index in [0.717, 1.165) is 0 Å². The molecule has 0 heterocycles. The summed E-state index contributed by atoms with van der Waals surface area (Å²) in [6, 6.07) is 9.33. The lowest BCUT2D eigenvalue weighted by atomic mass is 9.99. The molecule has 0 spiro atoms. The fourth-order valence-electron chi connectivity index (χ4n) is 2.00. The Morgan fingerprint density at radius 3 is 2.17 bits per heavy atom. The summed E-state index contributed by atoms with van der Waals surface area (Å²) in [5.41, 5.74) is 1.99. The average Bonchev–Trinajstić information content (AvgIpc) is 2.48. The predicted octanol–water partition coefficient (Wildman–Crippen LogP) is 5.71. The summed E-state index contributed by atoms with van der Waals surface area (Å²) in [5, 5.41) is 0. The second-order valence-electron chi connectivity index (χ2n) is 5.16. The molecule has 0 saturated heterocycles. The first-order valence-corrected chi connectivity index (χ1v) is 7.72. The number of rotatable bonds is 3. The van der Waals surface area contributed by atoms with E-state index in [1.165, 1.54) is 12.1 Å². The molecule has 0 N–H and O–H groups in total. The Kier molecular flexibility index (Phi) is 5.73. The highest BCUT2D eigenvalue weighted by Gasteiger charge is 2.12. The SMILES string of the molecule is CC(C)c1cc(C#Cc2ccc(F)c(Br)c2)ccc1OC(F)F. The molecule has 0 fully saturated rings. The molecule has 1 nitrogen and oxygen atoms in total. The van der Waals surface area contributed by atoms with Crippen molar-refractivity contribution < 1.29 is 17.9 Å². The van der Waals surface area contributed by atoms with Gasteiger partial charge < -0.3 is 4.74 Å². The average molecular weight is 383 g/mol. The van der Waals surface area contributed by atoms with E-state index in [9.17, 15) is 13.2 Å². The first-order chi connectivity index (χ1) is 10.9. The predicted molar refractivity (Wildman–Crippen MR) is 87.2 cm³/mol. The summed E-state index contributed by atoms with van der Waals surface area (Å²) >= 11 is 3.11. The van der Waals surface area contributed by atoms with Gasteiger partial charge in [-0.3, -0.25) is 0 Å². The van der Waals surface area contributed by atoms with Gasteiger partial charge in [0.05, 0.1) is 4.47 Å². The Morgan fingerprint density at radius 2 is 1.61 bits per heavy atom. The fraction of sp³-hybridized carbons (Fsp3) is 0.222. The summed E-state index contributed by atoms with van der Waals surface area (Å²) in [6.45, 7) is 0.921. The first-order valence-electron chi connectivity index (χ1n) is 6.92. The molecule has 0 saturated carbocycles. The number of ether oxygens (including phenoxy) is 1. The van der Waals surface area contributed by atoms with Gasteiger partial charge in [0.1, 0.15) is 11.6 Å². The summed E-state index contributed by atoms with van der Waals surface area (Å²) in [5.74, 6) is 5.69. The molecule has 0 unspecified atom stereocenters. The third kappa shape index (κ3) is 4.77. The Balaban J connectivity index is 2.32. The number of hydrogen-bond donors (Lipinski definition) is 0. The number of hydrogen-bond acceptors (Lipinski definition) is 1. The lowest BCUT2D eigenvalue weighted by Crippen LogP contribution is -2.05. The van der Waals surface area contributed by atoms with E-state index in [-0.39, 0.29) is 17.5 Å². The van der Waals surface area contributed by atoms with Crippen molar-refractivity contribution in [1.29, 1.82) is 0 Å². The maximum Gasteiger partial charge on any atom is 0.387 e. The molecule has 0 aliphatic heterocycles. The highest BCUT2D eigenvalue weighted by atomic mass is 79.9. The smallest absolute Gasteiger partial charge is 0.387 e. The van der Waals surface area contributed by atoms with Crippen molar-refractivity contribution in [1.82, 2.24) is 0 Å². The van der Waals surface area contributed by atoms with Crippen molar-refractivity contribution in [3.05, 3.63) is 63.4 Å². The van der Waals surface area contributed by atoms with Crippen LogP contribution in [0.4, 0.5) is 13.2 Å². The zero-order valence-electron chi connectivity index (χ0n) is 12.5. The van der Waals surface area contributed by atoms with Gasteiger partial charge >= 0.3 is 6.61 Å². The third-order valence-electron chi connectivity index (χ3n) is 3.12. The van der Waals surface area contributed by atoms with Crippen LogP contribution in [0.25, 0.3) is 0 Å². The number of alkyl halides is 2. The van der Waals surface area contributed by atoms with Gasteiger partial charge in [-0.1, -0.05) is 25.7 Å². The Bertz CT molecular complexity index is 761. The van der Waals surface area contributed by atoms with Crippen LogP contribution in [-0.2, 0) is 0 Å². The molecule has 2 rings (SSSR count). The van der Waals surface area contributed by atoms with Crippen LogP contribution in [0.3, 0.4) is 0 Å². The van der Waals surface area contributed by atoms with E-state index in [1.54, 1.807) is 24.3 Å². The van der Waals surface area contributed by atoms with Gasteiger partial charge in [-0.25, -0.2) is 4.39 Å². The normalized spacial score (nSPS) is 10.6. The third-order valence-corrected chi connectivity index (χ3v) is 3.73. The summed E-state index contributed by atoms with van der Waals surface area (Å²) < 4.78 is 42.9. The summed E-state index contributed by atoms with van der Waals surface area (Å²) in [4.78, 5) is 0. The Labute approximate surface area is 141 Å². The van der Waals surface area contributed by atoms with Crippen molar-refractivity contribution in [2.24, 2.45) is 0 Å². The van der Waals surface area contributed by atoms with E-state index in [2.05, 4.69) is 32.5 Å². The van der Waals surface area contributed by atoms with E-state index in [4.69, 9.17) is 0 Å². The molecular formula is C18H14BrF3O. The minimum Gasteiger partial charge on any atom is -0.435 e. The summed E-state index contributed by atoms with van der Waals surface area (Å²) in [6.07, 6.45) is 0. The molecule has 0 aromatic heterocycles. The molecule has 0 atom stereocenters. The molecule has 23 heavy (non-hydrogen) atoms. The molecule has 2 aromatic rings. The van der Waals surface area contributed by atoms with Crippen LogP contribution in [0.5, 0.6) is 5.75 Å². The highest BCUT2D eigenvalue weighted by Crippen LogP contribution is 2.28. The van der Waals surface area contributed by atoms with Gasteiger partial charge in [-0.05, 0) is 63.8 Å². The van der Waals surface area contributed by atoms with Crippen LogP contribution in [-0.4, -0.2) is 6.61 Å². The summed E-state index contributed by atoms with van der Waals surface area (Å²) in [7, 11) is 0. The van der Waals surface area contributed by atoms with Gasteiger partial charge in [0.2, 0.25) is 0 Å². The van der Waals surface area contributed by atoms with Crippen LogP contribution in [0.2, 0.25) is 0 Å². The molecular weight excluding hydrogens is 369 g/mol. The largest absolute Gasteiger partial charge is 0.435 e. The van der Waals surface area contributed by atoms with Gasteiger partial charge in [0, 0.05) is 11.1 Å². The minimum atomic E-state index is -2.86. The highest BCUT2D eigenvalue weighted by molar-refractivity contribution is 9.10. The fourth-order valence-corrected chi connectivity index (χ4v) is 2.38. The van der Waals surface area contributed by atoms with Crippen molar-refractivity contribution >= 4 is 15.9 Å². The van der Waals surface area contributed by atoms with Crippen LogP contribution in [0.15, 0.2) is 40.9 Å². The zero-order chi connectivity index (χ0) is 17.0. The number of benzene rings is 2. The van der Waals surface area contributed by atoms with E-state index in [1.807, 2.05) is 13.8 Å². The van der Waals surface area contributed by atoms with Crippen molar-refractivity contribution in [2.45, 2.75) is 26.4 Å². The van der Waals surface area contributed by atoms with Crippen LogP contribution in [0.1, 0.15) is 36.5 Å². The van der Waals surface area contributed by atoms with E-state index < -0.39 is 6.61 Å². The van der Waals surface area contributed by atoms with E-state index >= 15 is 0 Å². The maximum atomic E-state index is 13.2. The monoisotopic (exact) mass is 382 g/mol. The second-order valence-corrected chi connectivity index (χ2v) is 6.02. The van der Waals surface area contributed by atoms with Crippen LogP contribution < -0.4 is 4.74 Å². The van der Waals surface area contributed by atoms with Crippen molar-refractivity contribution in [2.75, 3.05) is 0 Å². The van der Waals surface area contributed by atoms with Crippen LogP contribution in [0, 0.1) is 17.7 Å². The molecule has 0 amide bonds. The lowest BCUT2D eigenvalue weighted by molar-refractivity contribution is -0.0505. The molecule has 120 valence electrons. The van der Waals surface area contributed by atoms with E-state index in [0.29, 0.717) is 21.2 Å².